The van der Waals surface area contributed by atoms with Crippen molar-refractivity contribution in [1.29, 1.82) is 0 Å². The highest BCUT2D eigenvalue weighted by atomic mass is 32.2. The van der Waals surface area contributed by atoms with E-state index in [-0.39, 0.29) is 36.0 Å². The third-order valence-electron chi connectivity index (χ3n) is 5.14. The van der Waals surface area contributed by atoms with E-state index in [4.69, 9.17) is 0 Å². The van der Waals surface area contributed by atoms with Crippen molar-refractivity contribution < 1.29 is 19.3 Å². The van der Waals surface area contributed by atoms with Crippen molar-refractivity contribution in [1.82, 2.24) is 14.8 Å². The molecule has 3 aromatic rings. The fourth-order valence-electron chi connectivity index (χ4n) is 3.38. The monoisotopic (exact) mass is 476 g/mol. The van der Waals surface area contributed by atoms with Crippen molar-refractivity contribution in [3.63, 3.8) is 0 Å². The number of nitrogens with one attached hydrogen (secondary N) is 1. The molecule has 1 aliphatic heterocycles. The first kappa shape index (κ1) is 23.0. The van der Waals surface area contributed by atoms with Gasteiger partial charge in [0.15, 0.2) is 0 Å². The lowest BCUT2D eigenvalue weighted by molar-refractivity contribution is -0.384. The van der Waals surface area contributed by atoms with Crippen LogP contribution in [0.3, 0.4) is 0 Å². The number of hydrogen-bond donors (Lipinski definition) is 1. The fourth-order valence-corrected chi connectivity index (χ4v) is 4.25. The van der Waals surface area contributed by atoms with E-state index in [9.17, 15) is 24.5 Å². The number of carbonyl (C=O) groups excluding carboxylic acids is 3. The van der Waals surface area contributed by atoms with E-state index >= 15 is 0 Å². The van der Waals surface area contributed by atoms with Gasteiger partial charge in [-0.2, -0.15) is 0 Å². The molecule has 10 heteroatoms. The van der Waals surface area contributed by atoms with E-state index in [1.165, 1.54) is 30.3 Å². The highest BCUT2D eigenvalue weighted by molar-refractivity contribution is 8.18. The molecule has 3 amide bonds. The number of carbonyl (C=O) groups is 3. The number of benzene rings is 2. The maximum atomic E-state index is 12.6. The van der Waals surface area contributed by atoms with Gasteiger partial charge < -0.3 is 9.88 Å². The van der Waals surface area contributed by atoms with Crippen LogP contribution < -0.4 is 5.32 Å². The van der Waals surface area contributed by atoms with E-state index in [0.717, 1.165) is 27.9 Å². The summed E-state index contributed by atoms with van der Waals surface area (Å²) in [5, 5.41) is 13.1. The van der Waals surface area contributed by atoms with Crippen LogP contribution in [-0.4, -0.2) is 44.5 Å². The minimum absolute atomic E-state index is 0.0561. The van der Waals surface area contributed by atoms with E-state index in [0.29, 0.717) is 5.56 Å². The normalized spacial score (nSPS) is 14.6. The minimum atomic E-state index is -0.509. The molecule has 1 aromatic heterocycles. The van der Waals surface area contributed by atoms with Gasteiger partial charge in [-0.3, -0.25) is 29.4 Å². The maximum absolute atomic E-state index is 12.6. The van der Waals surface area contributed by atoms with Gasteiger partial charge in [-0.25, -0.2) is 0 Å². The summed E-state index contributed by atoms with van der Waals surface area (Å²) in [6, 6.07) is 17.2. The lowest BCUT2D eigenvalue weighted by Gasteiger charge is -2.13. The minimum Gasteiger partial charge on any atom is -0.354 e. The molecule has 2 heterocycles. The van der Waals surface area contributed by atoms with Gasteiger partial charge in [-0.1, -0.05) is 12.1 Å². The van der Waals surface area contributed by atoms with Crippen molar-refractivity contribution in [3.05, 3.63) is 99.2 Å². The zero-order valence-corrected chi connectivity index (χ0v) is 18.7. The van der Waals surface area contributed by atoms with Gasteiger partial charge in [-0.15, -0.1) is 0 Å². The first-order valence-corrected chi connectivity index (χ1v) is 11.2. The lowest BCUT2D eigenvalue weighted by atomic mass is 10.1. The molecule has 34 heavy (non-hydrogen) atoms. The summed E-state index contributed by atoms with van der Waals surface area (Å²) in [4.78, 5) is 48.7. The Kier molecular flexibility index (Phi) is 6.88. The Hall–Kier alpha value is -4.18. The van der Waals surface area contributed by atoms with Crippen molar-refractivity contribution >= 4 is 40.6 Å². The van der Waals surface area contributed by atoms with E-state index in [2.05, 4.69) is 5.32 Å². The summed E-state index contributed by atoms with van der Waals surface area (Å²) in [7, 11) is 0. The van der Waals surface area contributed by atoms with Gasteiger partial charge in [0.2, 0.25) is 5.91 Å². The number of imide groups is 1. The molecule has 0 radical (unpaired) electrons. The highest BCUT2D eigenvalue weighted by Gasteiger charge is 2.34. The summed E-state index contributed by atoms with van der Waals surface area (Å²) in [5.74, 6) is -0.662. The third kappa shape index (κ3) is 5.41. The Morgan fingerprint density at radius 1 is 1.03 bits per heavy atom. The van der Waals surface area contributed by atoms with E-state index in [1.807, 2.05) is 53.4 Å². The standard InChI is InChI=1S/C24H20N4O5S/c29-22(16-18-3-7-19(8-4-18)26-12-1-2-13-26)25-11-14-27-23(30)21(34-24(27)31)15-17-5-9-20(10-6-17)28(32)33/h1-10,12-13,15H,11,14,16H2,(H,25,29)/b21-15-. The van der Waals surface area contributed by atoms with Crippen LogP contribution in [0.5, 0.6) is 0 Å². The van der Waals surface area contributed by atoms with Gasteiger partial charge in [0, 0.05) is 43.3 Å². The number of thioether (sulfide) groups is 1. The van der Waals surface area contributed by atoms with Crippen LogP contribution >= 0.6 is 11.8 Å². The number of aromatic nitrogens is 1. The third-order valence-corrected chi connectivity index (χ3v) is 6.04. The van der Waals surface area contributed by atoms with Gasteiger partial charge in [0.1, 0.15) is 0 Å². The SMILES string of the molecule is O=C(Cc1ccc(-n2cccc2)cc1)NCCN1C(=O)S/C(=C\c2ccc([N+](=O)[O-])cc2)C1=O. The van der Waals surface area contributed by atoms with Crippen LogP contribution in [-0.2, 0) is 16.0 Å². The van der Waals surface area contributed by atoms with Crippen LogP contribution in [0.2, 0.25) is 0 Å². The molecule has 0 atom stereocenters. The topological polar surface area (TPSA) is 115 Å². The molecule has 0 unspecified atom stereocenters. The molecule has 2 aromatic carbocycles. The molecular weight excluding hydrogens is 456 g/mol. The average Bonchev–Trinajstić information content (AvgIpc) is 3.45. The first-order valence-electron chi connectivity index (χ1n) is 10.4. The molecule has 172 valence electrons. The van der Waals surface area contributed by atoms with E-state index < -0.39 is 16.1 Å². The van der Waals surface area contributed by atoms with Crippen LogP contribution in [0.15, 0.2) is 78.0 Å². The van der Waals surface area contributed by atoms with Crippen LogP contribution in [0, 0.1) is 10.1 Å². The molecule has 1 saturated heterocycles. The fraction of sp³-hybridized carbons (Fsp3) is 0.125. The highest BCUT2D eigenvalue weighted by Crippen LogP contribution is 2.32. The second kappa shape index (κ2) is 10.2. The summed E-state index contributed by atoms with van der Waals surface area (Å²) in [6.45, 7) is 0.198. The summed E-state index contributed by atoms with van der Waals surface area (Å²) >= 11 is 0.799. The summed E-state index contributed by atoms with van der Waals surface area (Å²) in [6.07, 6.45) is 5.58. The molecule has 4 rings (SSSR count). The number of hydrogen-bond acceptors (Lipinski definition) is 6. The second-order valence-corrected chi connectivity index (χ2v) is 8.46. The molecule has 1 aliphatic rings. The summed E-state index contributed by atoms with van der Waals surface area (Å²) in [5.41, 5.74) is 2.37. The molecular formula is C24H20N4O5S. The van der Waals surface area contributed by atoms with Gasteiger partial charge in [-0.05, 0) is 65.4 Å². The molecule has 0 aliphatic carbocycles. The molecule has 1 N–H and O–H groups in total. The number of nitro groups is 1. The molecule has 9 nitrogen and oxygen atoms in total. The van der Waals surface area contributed by atoms with Crippen molar-refractivity contribution in [2.24, 2.45) is 0 Å². The van der Waals surface area contributed by atoms with Gasteiger partial charge >= 0.3 is 0 Å². The molecule has 1 fully saturated rings. The predicted octanol–water partition coefficient (Wildman–Crippen LogP) is 3.78. The number of nitrogens with zero attached hydrogens (tertiary/aromatic N) is 3. The van der Waals surface area contributed by atoms with Crippen LogP contribution in [0.25, 0.3) is 11.8 Å². The zero-order valence-electron chi connectivity index (χ0n) is 17.9. The Bertz CT molecular complexity index is 1250. The van der Waals surface area contributed by atoms with Crippen molar-refractivity contribution in [3.8, 4) is 5.69 Å². The number of non-ortho nitro benzene ring substituents is 1. The number of amides is 3. The average molecular weight is 477 g/mol. The first-order chi connectivity index (χ1) is 16.4. The Morgan fingerprint density at radius 2 is 1.71 bits per heavy atom. The quantitative estimate of drug-likeness (QED) is 0.301. The zero-order chi connectivity index (χ0) is 24.1. The molecule has 0 spiro atoms. The lowest BCUT2D eigenvalue weighted by Crippen LogP contribution is -2.37. The Balaban J connectivity index is 1.27. The number of rotatable bonds is 8. The Labute approximate surface area is 199 Å². The van der Waals surface area contributed by atoms with Crippen molar-refractivity contribution in [2.45, 2.75) is 6.42 Å². The smallest absolute Gasteiger partial charge is 0.293 e. The van der Waals surface area contributed by atoms with Gasteiger partial charge in [0.05, 0.1) is 16.2 Å². The molecule has 0 saturated carbocycles. The van der Waals surface area contributed by atoms with Crippen LogP contribution in [0.1, 0.15) is 11.1 Å². The second-order valence-electron chi connectivity index (χ2n) is 7.47. The predicted molar refractivity (Wildman–Crippen MR) is 128 cm³/mol. The van der Waals surface area contributed by atoms with Gasteiger partial charge in [0.25, 0.3) is 16.8 Å². The van der Waals surface area contributed by atoms with Crippen LogP contribution in [0.4, 0.5) is 10.5 Å². The number of nitro benzene ring substituents is 1. The summed E-state index contributed by atoms with van der Waals surface area (Å²) < 4.78 is 1.97. The van der Waals surface area contributed by atoms with Crippen molar-refractivity contribution in [2.75, 3.05) is 13.1 Å². The maximum Gasteiger partial charge on any atom is 0.293 e. The molecule has 0 bridgehead atoms. The largest absolute Gasteiger partial charge is 0.354 e. The van der Waals surface area contributed by atoms with E-state index in [1.54, 1.807) is 0 Å². The Morgan fingerprint density at radius 3 is 2.35 bits per heavy atom.